The first-order valence-corrected chi connectivity index (χ1v) is 12.9. The van der Waals surface area contributed by atoms with Crippen LogP contribution in [-0.2, 0) is 33.7 Å². The summed E-state index contributed by atoms with van der Waals surface area (Å²) in [5.74, 6) is -0.327. The van der Waals surface area contributed by atoms with Gasteiger partial charge in [0.2, 0.25) is 11.8 Å². The van der Waals surface area contributed by atoms with Gasteiger partial charge in [-0.3, -0.25) is 9.59 Å². The van der Waals surface area contributed by atoms with Gasteiger partial charge in [0, 0.05) is 42.8 Å². The van der Waals surface area contributed by atoms with Gasteiger partial charge in [-0.1, -0.05) is 77.8 Å². The Labute approximate surface area is 223 Å². The van der Waals surface area contributed by atoms with Crippen LogP contribution in [0.5, 0.6) is 0 Å². The van der Waals surface area contributed by atoms with Crippen LogP contribution in [0.4, 0.5) is 0 Å². The summed E-state index contributed by atoms with van der Waals surface area (Å²) >= 11 is 12.1. The number of hydrogen-bond donors (Lipinski definition) is 1. The Bertz CT molecular complexity index is 1090. The quantitative estimate of drug-likeness (QED) is 0.290. The van der Waals surface area contributed by atoms with Gasteiger partial charge in [-0.2, -0.15) is 0 Å². The lowest BCUT2D eigenvalue weighted by Crippen LogP contribution is -2.51. The minimum Gasteiger partial charge on any atom is -0.382 e. The van der Waals surface area contributed by atoms with Crippen molar-refractivity contribution in [2.24, 2.45) is 0 Å². The zero-order valence-electron chi connectivity index (χ0n) is 20.5. The molecule has 0 bridgehead atoms. The van der Waals surface area contributed by atoms with Crippen LogP contribution in [0, 0.1) is 0 Å². The number of carbonyl (C=O) groups excluding carboxylic acids is 2. The van der Waals surface area contributed by atoms with E-state index in [2.05, 4.69) is 5.32 Å². The van der Waals surface area contributed by atoms with Gasteiger partial charge in [0.25, 0.3) is 0 Å². The Kier molecular flexibility index (Phi) is 11.3. The van der Waals surface area contributed by atoms with E-state index in [0.29, 0.717) is 42.6 Å². The standard InChI is InChI=1S/C29H32Cl2N2O3/c1-2-36-18-6-17-32-29(35)27(19-22-7-4-3-5-8-22)33(21-24-11-15-26(31)16-12-24)28(34)20-23-9-13-25(30)14-10-23/h3-5,7-16,27H,2,6,17-21H2,1H3,(H,32,35). The number of benzene rings is 3. The lowest BCUT2D eigenvalue weighted by Gasteiger charge is -2.32. The highest BCUT2D eigenvalue weighted by molar-refractivity contribution is 6.30. The van der Waals surface area contributed by atoms with Gasteiger partial charge < -0.3 is 15.0 Å². The molecular weight excluding hydrogens is 495 g/mol. The highest BCUT2D eigenvalue weighted by Crippen LogP contribution is 2.19. The number of nitrogens with one attached hydrogen (secondary N) is 1. The first-order chi connectivity index (χ1) is 17.5. The monoisotopic (exact) mass is 526 g/mol. The SMILES string of the molecule is CCOCCCNC(=O)C(Cc1ccccc1)N(Cc1ccc(Cl)cc1)C(=O)Cc1ccc(Cl)cc1. The third-order valence-corrected chi connectivity index (χ3v) is 6.28. The molecule has 1 atom stereocenters. The minimum absolute atomic E-state index is 0.141. The van der Waals surface area contributed by atoms with Crippen LogP contribution >= 0.6 is 23.2 Å². The van der Waals surface area contributed by atoms with Crippen molar-refractivity contribution in [1.29, 1.82) is 0 Å². The smallest absolute Gasteiger partial charge is 0.243 e. The van der Waals surface area contributed by atoms with E-state index in [1.807, 2.05) is 61.5 Å². The molecule has 0 aromatic heterocycles. The lowest BCUT2D eigenvalue weighted by molar-refractivity contribution is -0.140. The predicted molar refractivity (Wildman–Crippen MR) is 145 cm³/mol. The van der Waals surface area contributed by atoms with Crippen molar-refractivity contribution in [3.8, 4) is 0 Å². The molecule has 3 rings (SSSR count). The number of nitrogens with zero attached hydrogens (tertiary/aromatic N) is 1. The summed E-state index contributed by atoms with van der Waals surface area (Å²) in [6, 6.07) is 23.6. The second kappa shape index (κ2) is 14.6. The molecule has 3 aromatic carbocycles. The second-order valence-electron chi connectivity index (χ2n) is 8.50. The second-order valence-corrected chi connectivity index (χ2v) is 9.37. The molecular formula is C29H32Cl2N2O3. The van der Waals surface area contributed by atoms with Crippen LogP contribution < -0.4 is 5.32 Å². The molecule has 5 nitrogen and oxygen atoms in total. The van der Waals surface area contributed by atoms with E-state index in [1.54, 1.807) is 29.2 Å². The van der Waals surface area contributed by atoms with Crippen LogP contribution in [0.3, 0.4) is 0 Å². The van der Waals surface area contributed by atoms with Crippen LogP contribution in [0.15, 0.2) is 78.9 Å². The molecule has 0 radical (unpaired) electrons. The predicted octanol–water partition coefficient (Wildman–Crippen LogP) is 5.72. The van der Waals surface area contributed by atoms with Gasteiger partial charge in [-0.25, -0.2) is 0 Å². The molecule has 0 heterocycles. The number of rotatable bonds is 13. The lowest BCUT2D eigenvalue weighted by atomic mass is 10.0. The highest BCUT2D eigenvalue weighted by atomic mass is 35.5. The summed E-state index contributed by atoms with van der Waals surface area (Å²) < 4.78 is 5.38. The molecule has 7 heteroatoms. The first-order valence-electron chi connectivity index (χ1n) is 12.1. The molecule has 0 saturated carbocycles. The zero-order chi connectivity index (χ0) is 25.8. The van der Waals surface area contributed by atoms with Crippen LogP contribution in [0.1, 0.15) is 30.0 Å². The Hall–Kier alpha value is -2.86. The molecule has 0 aliphatic carbocycles. The van der Waals surface area contributed by atoms with Crippen molar-refractivity contribution < 1.29 is 14.3 Å². The fourth-order valence-electron chi connectivity index (χ4n) is 3.87. The summed E-state index contributed by atoms with van der Waals surface area (Å²) in [6.07, 6.45) is 1.26. The topological polar surface area (TPSA) is 58.6 Å². The molecule has 36 heavy (non-hydrogen) atoms. The molecule has 3 aromatic rings. The van der Waals surface area contributed by atoms with Gasteiger partial charge in [0.05, 0.1) is 6.42 Å². The van der Waals surface area contributed by atoms with Gasteiger partial charge in [-0.15, -0.1) is 0 Å². The van der Waals surface area contributed by atoms with Crippen molar-refractivity contribution in [1.82, 2.24) is 10.2 Å². The molecule has 0 fully saturated rings. The summed E-state index contributed by atoms with van der Waals surface area (Å²) in [5.41, 5.74) is 2.71. The molecule has 2 amide bonds. The third-order valence-electron chi connectivity index (χ3n) is 5.77. The molecule has 190 valence electrons. The van der Waals surface area contributed by atoms with Crippen molar-refractivity contribution in [2.75, 3.05) is 19.8 Å². The molecule has 0 saturated heterocycles. The summed E-state index contributed by atoms with van der Waals surface area (Å²) in [4.78, 5) is 28.8. The van der Waals surface area contributed by atoms with E-state index in [4.69, 9.17) is 27.9 Å². The molecule has 1 unspecified atom stereocenters. The number of hydrogen-bond acceptors (Lipinski definition) is 3. The largest absolute Gasteiger partial charge is 0.382 e. The van der Waals surface area contributed by atoms with Crippen LogP contribution in [0.2, 0.25) is 10.0 Å². The van der Waals surface area contributed by atoms with Crippen LogP contribution in [0.25, 0.3) is 0 Å². The van der Waals surface area contributed by atoms with Crippen LogP contribution in [-0.4, -0.2) is 42.5 Å². The summed E-state index contributed by atoms with van der Waals surface area (Å²) in [7, 11) is 0. The van der Waals surface area contributed by atoms with Gasteiger partial charge in [0.15, 0.2) is 0 Å². The molecule has 0 spiro atoms. The number of ether oxygens (including phenoxy) is 1. The Balaban J connectivity index is 1.87. The first kappa shape index (κ1) is 27.7. The number of amides is 2. The zero-order valence-corrected chi connectivity index (χ0v) is 22.0. The van der Waals surface area contributed by atoms with E-state index >= 15 is 0 Å². The van der Waals surface area contributed by atoms with E-state index in [-0.39, 0.29) is 24.8 Å². The normalized spacial score (nSPS) is 11.6. The highest BCUT2D eigenvalue weighted by Gasteiger charge is 2.30. The van der Waals surface area contributed by atoms with Gasteiger partial charge in [-0.05, 0) is 54.3 Å². The maximum absolute atomic E-state index is 13.7. The molecule has 0 aliphatic rings. The van der Waals surface area contributed by atoms with E-state index < -0.39 is 6.04 Å². The fourth-order valence-corrected chi connectivity index (χ4v) is 4.12. The van der Waals surface area contributed by atoms with Crippen molar-refractivity contribution in [2.45, 2.75) is 38.8 Å². The maximum atomic E-state index is 13.7. The third kappa shape index (κ3) is 8.98. The average Bonchev–Trinajstić information content (AvgIpc) is 2.89. The Morgan fingerprint density at radius 2 is 1.47 bits per heavy atom. The van der Waals surface area contributed by atoms with Crippen molar-refractivity contribution in [3.05, 3.63) is 106 Å². The molecule has 0 aliphatic heterocycles. The fraction of sp³-hybridized carbons (Fsp3) is 0.310. The number of carbonyl (C=O) groups is 2. The van der Waals surface area contributed by atoms with Gasteiger partial charge in [0.1, 0.15) is 6.04 Å². The van der Waals surface area contributed by atoms with E-state index in [9.17, 15) is 9.59 Å². The van der Waals surface area contributed by atoms with E-state index in [1.165, 1.54) is 0 Å². The van der Waals surface area contributed by atoms with E-state index in [0.717, 1.165) is 16.7 Å². The summed E-state index contributed by atoms with van der Waals surface area (Å²) in [5, 5.41) is 4.24. The molecule has 1 N–H and O–H groups in total. The summed E-state index contributed by atoms with van der Waals surface area (Å²) in [6.45, 7) is 3.91. The minimum atomic E-state index is -0.685. The number of halogens is 2. The van der Waals surface area contributed by atoms with Gasteiger partial charge >= 0.3 is 0 Å². The average molecular weight is 527 g/mol. The van der Waals surface area contributed by atoms with Crippen molar-refractivity contribution >= 4 is 35.0 Å². The van der Waals surface area contributed by atoms with Crippen molar-refractivity contribution in [3.63, 3.8) is 0 Å². The Morgan fingerprint density at radius 3 is 2.08 bits per heavy atom. The maximum Gasteiger partial charge on any atom is 0.243 e. The Morgan fingerprint density at radius 1 is 0.861 bits per heavy atom.